The van der Waals surface area contributed by atoms with Crippen LogP contribution in [-0.2, 0) is 0 Å². The van der Waals surface area contributed by atoms with Crippen molar-refractivity contribution in [2.24, 2.45) is 0 Å². The van der Waals surface area contributed by atoms with Crippen LogP contribution in [0.5, 0.6) is 0 Å². The van der Waals surface area contributed by atoms with Gasteiger partial charge in [-0.15, -0.1) is 0 Å². The summed E-state index contributed by atoms with van der Waals surface area (Å²) in [5.74, 6) is 2.33. The van der Waals surface area contributed by atoms with Crippen molar-refractivity contribution in [1.82, 2.24) is 19.9 Å². The summed E-state index contributed by atoms with van der Waals surface area (Å²) in [6.07, 6.45) is 7.20. The number of rotatable bonds is 3. The molecular formula is C15H13N5O. The number of aromatic nitrogens is 4. The van der Waals surface area contributed by atoms with Gasteiger partial charge in [-0.3, -0.25) is 0 Å². The van der Waals surface area contributed by atoms with E-state index in [0.29, 0.717) is 28.9 Å². The fourth-order valence-electron chi connectivity index (χ4n) is 2.22. The van der Waals surface area contributed by atoms with E-state index >= 15 is 0 Å². The van der Waals surface area contributed by atoms with Gasteiger partial charge in [-0.05, 0) is 31.0 Å². The molecule has 104 valence electrons. The maximum Gasteiger partial charge on any atom is 0.154 e. The largest absolute Gasteiger partial charge is 0.463 e. The number of anilines is 1. The number of nitrogen functional groups attached to an aromatic ring is 1. The van der Waals surface area contributed by atoms with Gasteiger partial charge in [-0.2, -0.15) is 0 Å². The summed E-state index contributed by atoms with van der Waals surface area (Å²) in [6.45, 7) is 0. The quantitative estimate of drug-likeness (QED) is 0.792. The first kappa shape index (κ1) is 12.0. The van der Waals surface area contributed by atoms with Gasteiger partial charge in [-0.1, -0.05) is 0 Å². The molecule has 0 radical (unpaired) electrons. The third kappa shape index (κ3) is 2.24. The Morgan fingerprint density at radius 3 is 2.76 bits per heavy atom. The van der Waals surface area contributed by atoms with Crippen LogP contribution in [0.3, 0.4) is 0 Å². The van der Waals surface area contributed by atoms with Gasteiger partial charge in [0.1, 0.15) is 23.0 Å². The lowest BCUT2D eigenvalue weighted by atomic mass is 10.2. The predicted molar refractivity (Wildman–Crippen MR) is 77.1 cm³/mol. The van der Waals surface area contributed by atoms with E-state index in [4.69, 9.17) is 10.2 Å². The minimum absolute atomic E-state index is 0.349. The molecule has 3 heterocycles. The van der Waals surface area contributed by atoms with Gasteiger partial charge in [-0.25, -0.2) is 19.9 Å². The van der Waals surface area contributed by atoms with E-state index in [0.717, 1.165) is 24.4 Å². The maximum atomic E-state index is 5.75. The molecule has 0 spiro atoms. The fourth-order valence-corrected chi connectivity index (χ4v) is 2.22. The molecule has 0 unspecified atom stereocenters. The Labute approximate surface area is 121 Å². The van der Waals surface area contributed by atoms with Crippen LogP contribution in [0.2, 0.25) is 0 Å². The molecule has 0 saturated heterocycles. The number of nitrogens with zero attached hydrogens (tertiary/aromatic N) is 4. The molecule has 1 fully saturated rings. The van der Waals surface area contributed by atoms with Crippen molar-refractivity contribution >= 4 is 5.82 Å². The van der Waals surface area contributed by atoms with Gasteiger partial charge >= 0.3 is 0 Å². The molecule has 21 heavy (non-hydrogen) atoms. The first-order chi connectivity index (χ1) is 10.3. The van der Waals surface area contributed by atoms with Crippen molar-refractivity contribution < 1.29 is 4.42 Å². The van der Waals surface area contributed by atoms with Gasteiger partial charge in [0.15, 0.2) is 5.76 Å². The Kier molecular flexibility index (Phi) is 2.67. The van der Waals surface area contributed by atoms with E-state index in [2.05, 4.69) is 19.9 Å². The first-order valence-electron chi connectivity index (χ1n) is 6.81. The van der Waals surface area contributed by atoms with E-state index in [1.807, 2.05) is 12.1 Å². The summed E-state index contributed by atoms with van der Waals surface area (Å²) in [5.41, 5.74) is 7.75. The number of furan rings is 1. The van der Waals surface area contributed by atoms with E-state index in [9.17, 15) is 0 Å². The SMILES string of the molecule is Nc1cnc(-c2ccnc(C3CC3)n2)c(-c2ccco2)n1. The summed E-state index contributed by atoms with van der Waals surface area (Å²) < 4.78 is 5.43. The Morgan fingerprint density at radius 2 is 2.00 bits per heavy atom. The zero-order valence-electron chi connectivity index (χ0n) is 11.2. The summed E-state index contributed by atoms with van der Waals surface area (Å²) in [7, 11) is 0. The Bertz CT molecular complexity index is 781. The van der Waals surface area contributed by atoms with Crippen LogP contribution in [0.1, 0.15) is 24.6 Å². The van der Waals surface area contributed by atoms with Gasteiger partial charge in [0.2, 0.25) is 0 Å². The Morgan fingerprint density at radius 1 is 1.10 bits per heavy atom. The minimum Gasteiger partial charge on any atom is -0.463 e. The highest BCUT2D eigenvalue weighted by Crippen LogP contribution is 2.38. The standard InChI is InChI=1S/C15H13N5O/c16-12-8-18-13(14(20-12)11-2-1-7-21-11)10-5-6-17-15(19-10)9-3-4-9/h1-2,5-9H,3-4H2,(H2,16,20). The zero-order valence-corrected chi connectivity index (χ0v) is 11.2. The van der Waals surface area contributed by atoms with Crippen LogP contribution in [0.25, 0.3) is 22.8 Å². The van der Waals surface area contributed by atoms with E-state index in [1.165, 1.54) is 6.20 Å². The Hall–Kier alpha value is -2.76. The molecule has 0 amide bonds. The summed E-state index contributed by atoms with van der Waals surface area (Å²) in [5, 5.41) is 0. The fraction of sp³-hybridized carbons (Fsp3) is 0.200. The first-order valence-corrected chi connectivity index (χ1v) is 6.81. The van der Waals surface area contributed by atoms with Crippen LogP contribution in [0.15, 0.2) is 41.3 Å². The van der Waals surface area contributed by atoms with Crippen molar-refractivity contribution in [2.75, 3.05) is 5.73 Å². The van der Waals surface area contributed by atoms with Gasteiger partial charge in [0.25, 0.3) is 0 Å². The van der Waals surface area contributed by atoms with Crippen molar-refractivity contribution in [2.45, 2.75) is 18.8 Å². The molecule has 0 bridgehead atoms. The smallest absolute Gasteiger partial charge is 0.154 e. The molecule has 6 heteroatoms. The third-order valence-corrected chi connectivity index (χ3v) is 3.41. The van der Waals surface area contributed by atoms with E-state index in [-0.39, 0.29) is 0 Å². The van der Waals surface area contributed by atoms with Crippen LogP contribution >= 0.6 is 0 Å². The molecule has 1 aliphatic carbocycles. The molecule has 6 nitrogen and oxygen atoms in total. The molecule has 4 rings (SSSR count). The average Bonchev–Trinajstić information content (AvgIpc) is 3.22. The lowest BCUT2D eigenvalue weighted by molar-refractivity contribution is 0.580. The van der Waals surface area contributed by atoms with E-state index in [1.54, 1.807) is 18.5 Å². The number of hydrogen-bond acceptors (Lipinski definition) is 6. The molecule has 0 atom stereocenters. The molecule has 1 saturated carbocycles. The number of hydrogen-bond donors (Lipinski definition) is 1. The lowest BCUT2D eigenvalue weighted by Gasteiger charge is -2.07. The van der Waals surface area contributed by atoms with Crippen LogP contribution < -0.4 is 5.73 Å². The second kappa shape index (κ2) is 4.66. The second-order valence-electron chi connectivity index (χ2n) is 5.04. The van der Waals surface area contributed by atoms with Gasteiger partial charge in [0.05, 0.1) is 18.2 Å². The second-order valence-corrected chi connectivity index (χ2v) is 5.04. The van der Waals surface area contributed by atoms with Crippen LogP contribution in [0.4, 0.5) is 5.82 Å². The summed E-state index contributed by atoms with van der Waals surface area (Å²) in [4.78, 5) is 17.7. The normalized spacial score (nSPS) is 14.3. The van der Waals surface area contributed by atoms with Gasteiger partial charge in [0, 0.05) is 12.1 Å². The molecular weight excluding hydrogens is 266 g/mol. The molecule has 0 aliphatic heterocycles. The predicted octanol–water partition coefficient (Wildman–Crippen LogP) is 2.65. The monoisotopic (exact) mass is 279 g/mol. The van der Waals surface area contributed by atoms with Crippen molar-refractivity contribution in [3.8, 4) is 22.8 Å². The highest BCUT2D eigenvalue weighted by Gasteiger charge is 2.27. The molecule has 0 aromatic carbocycles. The van der Waals surface area contributed by atoms with E-state index < -0.39 is 0 Å². The lowest BCUT2D eigenvalue weighted by Crippen LogP contribution is -2.00. The minimum atomic E-state index is 0.349. The van der Waals surface area contributed by atoms with Crippen LogP contribution in [0, 0.1) is 0 Å². The van der Waals surface area contributed by atoms with Crippen molar-refractivity contribution in [3.05, 3.63) is 42.7 Å². The molecule has 3 aromatic heterocycles. The van der Waals surface area contributed by atoms with Crippen molar-refractivity contribution in [3.63, 3.8) is 0 Å². The van der Waals surface area contributed by atoms with Crippen molar-refractivity contribution in [1.29, 1.82) is 0 Å². The molecule has 3 aromatic rings. The summed E-state index contributed by atoms with van der Waals surface area (Å²) in [6, 6.07) is 5.47. The highest BCUT2D eigenvalue weighted by molar-refractivity contribution is 5.73. The molecule has 2 N–H and O–H groups in total. The van der Waals surface area contributed by atoms with Gasteiger partial charge < -0.3 is 10.2 Å². The summed E-state index contributed by atoms with van der Waals surface area (Å²) >= 11 is 0. The Balaban J connectivity index is 1.86. The average molecular weight is 279 g/mol. The number of nitrogens with two attached hydrogens (primary N) is 1. The third-order valence-electron chi connectivity index (χ3n) is 3.41. The topological polar surface area (TPSA) is 90.7 Å². The maximum absolute atomic E-state index is 5.75. The van der Waals surface area contributed by atoms with Crippen LogP contribution in [-0.4, -0.2) is 19.9 Å². The highest BCUT2D eigenvalue weighted by atomic mass is 16.3. The zero-order chi connectivity index (χ0) is 14.2. The molecule has 1 aliphatic rings.